The molecule has 1 unspecified atom stereocenters. The van der Waals surface area contributed by atoms with Crippen molar-refractivity contribution in [2.45, 2.75) is 18.9 Å². The maximum atomic E-state index is 9.97. The summed E-state index contributed by atoms with van der Waals surface area (Å²) in [6, 6.07) is 7.21. The molecule has 1 atom stereocenters. The molecule has 1 rings (SSSR count). The number of rotatable bonds is 3. The van der Waals surface area contributed by atoms with Crippen LogP contribution >= 0.6 is 11.6 Å². The molecule has 0 aliphatic heterocycles. The normalized spacial score (nSPS) is 15.4. The van der Waals surface area contributed by atoms with E-state index in [1.54, 1.807) is 19.1 Å². The first-order valence-electron chi connectivity index (χ1n) is 4.25. The van der Waals surface area contributed by atoms with Crippen molar-refractivity contribution >= 4 is 11.6 Å². The molecule has 0 aliphatic carbocycles. The summed E-state index contributed by atoms with van der Waals surface area (Å²) < 4.78 is 0. The lowest BCUT2D eigenvalue weighted by Gasteiger charge is -2.23. The van der Waals surface area contributed by atoms with E-state index in [1.165, 1.54) is 0 Å². The van der Waals surface area contributed by atoms with Crippen molar-refractivity contribution < 1.29 is 5.11 Å². The van der Waals surface area contributed by atoms with Gasteiger partial charge in [-0.15, -0.1) is 0 Å². The van der Waals surface area contributed by atoms with Crippen molar-refractivity contribution in [3.63, 3.8) is 0 Å². The van der Waals surface area contributed by atoms with Crippen LogP contribution in [0.3, 0.4) is 0 Å². The number of hydrogen-bond acceptors (Lipinski definition) is 2. The van der Waals surface area contributed by atoms with Gasteiger partial charge in [-0.1, -0.05) is 23.7 Å². The van der Waals surface area contributed by atoms with Crippen molar-refractivity contribution in [1.29, 1.82) is 0 Å². The molecule has 13 heavy (non-hydrogen) atoms. The average molecular weight is 200 g/mol. The highest BCUT2D eigenvalue weighted by molar-refractivity contribution is 6.30. The standard InChI is InChI=1S/C10H14ClNO/c1-10(13,5-6-12)8-3-2-4-9(11)7-8/h2-4,7,13H,5-6,12H2,1H3. The third-order valence-electron chi connectivity index (χ3n) is 2.08. The van der Waals surface area contributed by atoms with E-state index in [0.29, 0.717) is 18.0 Å². The zero-order chi connectivity index (χ0) is 9.90. The first-order chi connectivity index (χ1) is 6.06. The second kappa shape index (κ2) is 4.09. The van der Waals surface area contributed by atoms with E-state index in [4.69, 9.17) is 17.3 Å². The van der Waals surface area contributed by atoms with Crippen LogP contribution in [-0.4, -0.2) is 11.7 Å². The minimum Gasteiger partial charge on any atom is -0.385 e. The maximum absolute atomic E-state index is 9.97. The molecule has 0 saturated carbocycles. The fraction of sp³-hybridized carbons (Fsp3) is 0.400. The van der Waals surface area contributed by atoms with Crippen LogP contribution < -0.4 is 5.73 Å². The van der Waals surface area contributed by atoms with Crippen LogP contribution in [0.25, 0.3) is 0 Å². The Balaban J connectivity index is 2.93. The molecule has 0 saturated heterocycles. The lowest BCUT2D eigenvalue weighted by atomic mass is 9.93. The van der Waals surface area contributed by atoms with Crippen LogP contribution in [0.5, 0.6) is 0 Å². The van der Waals surface area contributed by atoms with E-state index < -0.39 is 5.60 Å². The molecule has 0 radical (unpaired) electrons. The highest BCUT2D eigenvalue weighted by Crippen LogP contribution is 2.25. The molecular weight excluding hydrogens is 186 g/mol. The second-order valence-corrected chi connectivity index (χ2v) is 3.76. The van der Waals surface area contributed by atoms with Crippen molar-refractivity contribution in [3.8, 4) is 0 Å². The largest absolute Gasteiger partial charge is 0.385 e. The van der Waals surface area contributed by atoms with Gasteiger partial charge in [-0.2, -0.15) is 0 Å². The highest BCUT2D eigenvalue weighted by Gasteiger charge is 2.21. The highest BCUT2D eigenvalue weighted by atomic mass is 35.5. The Morgan fingerprint density at radius 2 is 2.23 bits per heavy atom. The molecule has 0 bridgehead atoms. The van der Waals surface area contributed by atoms with Gasteiger partial charge in [-0.05, 0) is 37.6 Å². The van der Waals surface area contributed by atoms with Crippen LogP contribution in [0.1, 0.15) is 18.9 Å². The third kappa shape index (κ3) is 2.69. The summed E-state index contributed by atoms with van der Waals surface area (Å²) in [7, 11) is 0. The quantitative estimate of drug-likeness (QED) is 0.781. The van der Waals surface area contributed by atoms with Gasteiger partial charge >= 0.3 is 0 Å². The monoisotopic (exact) mass is 199 g/mol. The summed E-state index contributed by atoms with van der Waals surface area (Å²) in [6.45, 7) is 2.20. The van der Waals surface area contributed by atoms with Gasteiger partial charge in [-0.3, -0.25) is 0 Å². The van der Waals surface area contributed by atoms with Crippen LogP contribution in [0.4, 0.5) is 0 Å². The Bertz CT molecular complexity index is 286. The van der Waals surface area contributed by atoms with Gasteiger partial charge in [0.2, 0.25) is 0 Å². The molecule has 1 aromatic carbocycles. The summed E-state index contributed by atoms with van der Waals surface area (Å²) in [4.78, 5) is 0. The van der Waals surface area contributed by atoms with Crippen molar-refractivity contribution in [3.05, 3.63) is 34.9 Å². The summed E-state index contributed by atoms with van der Waals surface area (Å²) in [5, 5.41) is 10.6. The second-order valence-electron chi connectivity index (χ2n) is 3.32. The van der Waals surface area contributed by atoms with Crippen molar-refractivity contribution in [1.82, 2.24) is 0 Å². The Kier molecular flexibility index (Phi) is 3.31. The van der Waals surface area contributed by atoms with E-state index in [0.717, 1.165) is 5.56 Å². The molecule has 0 fully saturated rings. The SMILES string of the molecule is CC(O)(CCN)c1cccc(Cl)c1. The number of nitrogens with two attached hydrogens (primary N) is 1. The molecule has 0 aromatic heterocycles. The van der Waals surface area contributed by atoms with Gasteiger partial charge in [0.25, 0.3) is 0 Å². The first-order valence-corrected chi connectivity index (χ1v) is 4.62. The number of aliphatic hydroxyl groups is 1. The fourth-order valence-electron chi connectivity index (χ4n) is 1.25. The van der Waals surface area contributed by atoms with Crippen LogP contribution in [0, 0.1) is 0 Å². The molecule has 1 aromatic rings. The number of benzene rings is 1. The summed E-state index contributed by atoms with van der Waals surface area (Å²) >= 11 is 5.81. The predicted molar refractivity (Wildman–Crippen MR) is 54.7 cm³/mol. The third-order valence-corrected chi connectivity index (χ3v) is 2.31. The van der Waals surface area contributed by atoms with Gasteiger partial charge in [0.15, 0.2) is 0 Å². The zero-order valence-corrected chi connectivity index (χ0v) is 8.38. The van der Waals surface area contributed by atoms with Crippen LogP contribution in [0.2, 0.25) is 5.02 Å². The minimum absolute atomic E-state index is 0.458. The maximum Gasteiger partial charge on any atom is 0.0881 e. The van der Waals surface area contributed by atoms with E-state index in [9.17, 15) is 5.11 Å². The van der Waals surface area contributed by atoms with Gasteiger partial charge in [0.05, 0.1) is 5.60 Å². The van der Waals surface area contributed by atoms with Crippen LogP contribution in [0.15, 0.2) is 24.3 Å². The number of hydrogen-bond donors (Lipinski definition) is 2. The molecule has 2 nitrogen and oxygen atoms in total. The summed E-state index contributed by atoms with van der Waals surface area (Å²) in [6.07, 6.45) is 0.535. The minimum atomic E-state index is -0.875. The number of halogens is 1. The van der Waals surface area contributed by atoms with E-state index >= 15 is 0 Å². The summed E-state index contributed by atoms with van der Waals surface area (Å²) in [5.74, 6) is 0. The Morgan fingerprint density at radius 1 is 1.54 bits per heavy atom. The fourth-order valence-corrected chi connectivity index (χ4v) is 1.44. The van der Waals surface area contributed by atoms with Crippen molar-refractivity contribution in [2.24, 2.45) is 5.73 Å². The Hall–Kier alpha value is -0.570. The lowest BCUT2D eigenvalue weighted by molar-refractivity contribution is 0.0504. The molecule has 3 N–H and O–H groups in total. The van der Waals surface area contributed by atoms with Gasteiger partial charge in [0, 0.05) is 5.02 Å². The van der Waals surface area contributed by atoms with Gasteiger partial charge < -0.3 is 10.8 Å². The molecule has 0 amide bonds. The molecule has 72 valence electrons. The van der Waals surface area contributed by atoms with Crippen LogP contribution in [-0.2, 0) is 5.60 Å². The van der Waals surface area contributed by atoms with Gasteiger partial charge in [0.1, 0.15) is 0 Å². The Morgan fingerprint density at radius 3 is 2.77 bits per heavy atom. The smallest absolute Gasteiger partial charge is 0.0881 e. The molecule has 0 aliphatic rings. The predicted octanol–water partition coefficient (Wildman–Crippen LogP) is 1.90. The molecule has 0 spiro atoms. The van der Waals surface area contributed by atoms with Gasteiger partial charge in [-0.25, -0.2) is 0 Å². The topological polar surface area (TPSA) is 46.2 Å². The van der Waals surface area contributed by atoms with E-state index in [2.05, 4.69) is 0 Å². The molecule has 3 heteroatoms. The molecular formula is C10H14ClNO. The van der Waals surface area contributed by atoms with Crippen molar-refractivity contribution in [2.75, 3.05) is 6.54 Å². The zero-order valence-electron chi connectivity index (χ0n) is 7.63. The summed E-state index contributed by atoms with van der Waals surface area (Å²) in [5.41, 5.74) is 5.33. The Labute approximate surface area is 83.3 Å². The molecule has 0 heterocycles. The van der Waals surface area contributed by atoms with E-state index in [-0.39, 0.29) is 0 Å². The first kappa shape index (κ1) is 10.5. The lowest BCUT2D eigenvalue weighted by Crippen LogP contribution is -2.24. The van der Waals surface area contributed by atoms with E-state index in [1.807, 2.05) is 12.1 Å². The average Bonchev–Trinajstić information content (AvgIpc) is 2.04.